The molecule has 112 valence electrons. The third kappa shape index (κ3) is 5.36. The van der Waals surface area contributed by atoms with Crippen molar-refractivity contribution < 1.29 is 9.53 Å². The third-order valence-electron chi connectivity index (χ3n) is 3.12. The highest BCUT2D eigenvalue weighted by Crippen LogP contribution is 2.24. The summed E-state index contributed by atoms with van der Waals surface area (Å²) < 4.78 is 5.08. The molecule has 1 rings (SSSR count). The molecule has 0 heterocycles. The molecule has 1 amide bonds. The molecule has 5 nitrogen and oxygen atoms in total. The van der Waals surface area contributed by atoms with Crippen molar-refractivity contribution in [2.45, 2.75) is 19.4 Å². The van der Waals surface area contributed by atoms with E-state index in [4.69, 9.17) is 22.1 Å². The summed E-state index contributed by atoms with van der Waals surface area (Å²) in [6.45, 7) is 3.35. The Morgan fingerprint density at radius 2 is 2.25 bits per heavy atom. The van der Waals surface area contributed by atoms with Gasteiger partial charge in [0, 0.05) is 31.8 Å². The van der Waals surface area contributed by atoms with Crippen LogP contribution in [0.5, 0.6) is 0 Å². The topological polar surface area (TPSA) is 67.6 Å². The van der Waals surface area contributed by atoms with Crippen molar-refractivity contribution >= 4 is 28.9 Å². The Morgan fingerprint density at radius 3 is 2.85 bits per heavy atom. The van der Waals surface area contributed by atoms with E-state index in [0.29, 0.717) is 36.0 Å². The van der Waals surface area contributed by atoms with Gasteiger partial charge in [0.05, 0.1) is 17.3 Å². The lowest BCUT2D eigenvalue weighted by molar-refractivity contribution is -0.116. The molecule has 3 N–H and O–H groups in total. The number of nitrogens with zero attached hydrogens (tertiary/aromatic N) is 1. The Morgan fingerprint density at radius 1 is 1.55 bits per heavy atom. The summed E-state index contributed by atoms with van der Waals surface area (Å²) in [5.74, 6) is -0.0758. The van der Waals surface area contributed by atoms with Crippen LogP contribution in [0.1, 0.15) is 13.3 Å². The smallest absolute Gasteiger partial charge is 0.225 e. The van der Waals surface area contributed by atoms with E-state index in [1.54, 1.807) is 25.3 Å². The average Bonchev–Trinajstić information content (AvgIpc) is 2.39. The van der Waals surface area contributed by atoms with Crippen LogP contribution in [0.25, 0.3) is 0 Å². The van der Waals surface area contributed by atoms with E-state index in [-0.39, 0.29) is 11.9 Å². The number of nitrogens with two attached hydrogens (primary N) is 1. The number of amides is 1. The molecule has 1 unspecified atom stereocenters. The minimum absolute atomic E-state index is 0.0758. The second kappa shape index (κ2) is 8.09. The van der Waals surface area contributed by atoms with Crippen LogP contribution < -0.4 is 11.1 Å². The van der Waals surface area contributed by atoms with Crippen LogP contribution >= 0.6 is 11.6 Å². The number of benzene rings is 1. The van der Waals surface area contributed by atoms with Crippen molar-refractivity contribution in [3.05, 3.63) is 23.2 Å². The fourth-order valence-electron chi connectivity index (χ4n) is 1.71. The highest BCUT2D eigenvalue weighted by Gasteiger charge is 2.11. The van der Waals surface area contributed by atoms with Crippen molar-refractivity contribution in [3.63, 3.8) is 0 Å². The maximum absolute atomic E-state index is 11.9. The maximum atomic E-state index is 11.9. The van der Waals surface area contributed by atoms with Crippen molar-refractivity contribution in [1.82, 2.24) is 4.90 Å². The van der Waals surface area contributed by atoms with Gasteiger partial charge in [-0.25, -0.2) is 0 Å². The second-order valence-electron chi connectivity index (χ2n) is 4.82. The number of likely N-dealkylation sites (N-methyl/N-ethyl adjacent to an activating group) is 1. The summed E-state index contributed by atoms with van der Waals surface area (Å²) in [5.41, 5.74) is 6.76. The molecule has 0 radical (unpaired) electrons. The van der Waals surface area contributed by atoms with Gasteiger partial charge in [0.2, 0.25) is 5.91 Å². The summed E-state index contributed by atoms with van der Waals surface area (Å²) in [4.78, 5) is 14.0. The molecule has 20 heavy (non-hydrogen) atoms. The third-order valence-corrected chi connectivity index (χ3v) is 3.43. The average molecular weight is 300 g/mol. The van der Waals surface area contributed by atoms with Gasteiger partial charge in [0.1, 0.15) is 0 Å². The van der Waals surface area contributed by atoms with E-state index in [1.807, 2.05) is 7.05 Å². The predicted octanol–water partition coefficient (Wildman–Crippen LogP) is 2.22. The van der Waals surface area contributed by atoms with E-state index in [0.717, 1.165) is 0 Å². The van der Waals surface area contributed by atoms with Gasteiger partial charge >= 0.3 is 0 Å². The molecule has 0 aliphatic carbocycles. The van der Waals surface area contributed by atoms with Gasteiger partial charge in [0.25, 0.3) is 0 Å². The van der Waals surface area contributed by atoms with Gasteiger partial charge in [0.15, 0.2) is 0 Å². The first-order valence-corrected chi connectivity index (χ1v) is 6.86. The first-order chi connectivity index (χ1) is 9.43. The normalized spacial score (nSPS) is 12.4. The van der Waals surface area contributed by atoms with Crippen LogP contribution in [0.15, 0.2) is 18.2 Å². The number of halogens is 1. The predicted molar refractivity (Wildman–Crippen MR) is 83.1 cm³/mol. The number of ether oxygens (including phenoxy) is 1. The molecule has 0 saturated carbocycles. The number of carbonyl (C=O) groups excluding carboxylic acids is 1. The zero-order chi connectivity index (χ0) is 15.1. The fourth-order valence-corrected chi connectivity index (χ4v) is 1.95. The molecule has 0 bridgehead atoms. The summed E-state index contributed by atoms with van der Waals surface area (Å²) >= 11 is 6.01. The Bertz CT molecular complexity index is 454. The lowest BCUT2D eigenvalue weighted by Crippen LogP contribution is -2.35. The van der Waals surface area contributed by atoms with Gasteiger partial charge in [-0.05, 0) is 32.2 Å². The first kappa shape index (κ1) is 16.8. The van der Waals surface area contributed by atoms with Crippen molar-refractivity contribution in [2.75, 3.05) is 38.4 Å². The molecule has 0 aromatic heterocycles. The van der Waals surface area contributed by atoms with Crippen LogP contribution in [0.3, 0.4) is 0 Å². The van der Waals surface area contributed by atoms with Gasteiger partial charge in [-0.15, -0.1) is 0 Å². The lowest BCUT2D eigenvalue weighted by Gasteiger charge is -2.23. The minimum Gasteiger partial charge on any atom is -0.399 e. The molecule has 0 saturated heterocycles. The highest BCUT2D eigenvalue weighted by molar-refractivity contribution is 6.34. The molecule has 0 aliphatic rings. The molecule has 6 heteroatoms. The Balaban J connectivity index is 2.44. The quantitative estimate of drug-likeness (QED) is 0.758. The van der Waals surface area contributed by atoms with Crippen LogP contribution in [0.4, 0.5) is 11.4 Å². The van der Waals surface area contributed by atoms with E-state index < -0.39 is 0 Å². The number of nitrogens with one attached hydrogen (secondary N) is 1. The minimum atomic E-state index is -0.0758. The lowest BCUT2D eigenvalue weighted by atomic mass is 10.2. The zero-order valence-electron chi connectivity index (χ0n) is 12.1. The van der Waals surface area contributed by atoms with Crippen molar-refractivity contribution in [2.24, 2.45) is 0 Å². The molecule has 1 atom stereocenters. The van der Waals surface area contributed by atoms with Crippen LogP contribution in [-0.4, -0.2) is 44.2 Å². The number of hydrogen-bond acceptors (Lipinski definition) is 4. The van der Waals surface area contributed by atoms with E-state index in [1.165, 1.54) is 0 Å². The summed E-state index contributed by atoms with van der Waals surface area (Å²) in [5, 5.41) is 3.22. The molecular formula is C14H22ClN3O2. The van der Waals surface area contributed by atoms with Gasteiger partial charge < -0.3 is 20.7 Å². The zero-order valence-corrected chi connectivity index (χ0v) is 12.9. The SMILES string of the molecule is COCC(C)N(C)CCC(=O)Nc1ccc(N)cc1Cl. The standard InChI is InChI=1S/C14H22ClN3O2/c1-10(9-20-3)18(2)7-6-14(19)17-13-5-4-11(16)8-12(13)15/h4-5,8,10H,6-7,9,16H2,1-3H3,(H,17,19). The second-order valence-corrected chi connectivity index (χ2v) is 5.23. The largest absolute Gasteiger partial charge is 0.399 e. The van der Waals surface area contributed by atoms with Gasteiger partial charge in [-0.3, -0.25) is 4.79 Å². The van der Waals surface area contributed by atoms with E-state index in [9.17, 15) is 4.79 Å². The molecule has 1 aromatic carbocycles. The summed E-state index contributed by atoms with van der Waals surface area (Å²) in [6, 6.07) is 5.29. The first-order valence-electron chi connectivity index (χ1n) is 6.48. The Labute approximate surface area is 125 Å². The van der Waals surface area contributed by atoms with Gasteiger partial charge in [-0.1, -0.05) is 11.6 Å². The van der Waals surface area contributed by atoms with Crippen molar-refractivity contribution in [1.29, 1.82) is 0 Å². The van der Waals surface area contributed by atoms with E-state index in [2.05, 4.69) is 17.1 Å². The van der Waals surface area contributed by atoms with Gasteiger partial charge in [-0.2, -0.15) is 0 Å². The number of rotatable bonds is 7. The number of methoxy groups -OCH3 is 1. The number of nitrogen functional groups attached to an aromatic ring is 1. The van der Waals surface area contributed by atoms with Crippen LogP contribution in [-0.2, 0) is 9.53 Å². The highest BCUT2D eigenvalue weighted by atomic mass is 35.5. The molecule has 0 fully saturated rings. The molecule has 0 spiro atoms. The number of hydrogen-bond donors (Lipinski definition) is 2. The molecule has 1 aromatic rings. The van der Waals surface area contributed by atoms with Crippen molar-refractivity contribution in [3.8, 4) is 0 Å². The number of anilines is 2. The Kier molecular flexibility index (Phi) is 6.78. The number of carbonyl (C=O) groups is 1. The summed E-state index contributed by atoms with van der Waals surface area (Å²) in [6.07, 6.45) is 0.394. The summed E-state index contributed by atoms with van der Waals surface area (Å²) in [7, 11) is 3.63. The monoisotopic (exact) mass is 299 g/mol. The fraction of sp³-hybridized carbons (Fsp3) is 0.500. The molecule has 0 aliphatic heterocycles. The van der Waals surface area contributed by atoms with Crippen LogP contribution in [0.2, 0.25) is 5.02 Å². The maximum Gasteiger partial charge on any atom is 0.225 e. The van der Waals surface area contributed by atoms with Crippen LogP contribution in [0, 0.1) is 0 Å². The van der Waals surface area contributed by atoms with E-state index >= 15 is 0 Å². The Hall–Kier alpha value is -1.30. The molecular weight excluding hydrogens is 278 g/mol.